The van der Waals surface area contributed by atoms with Crippen LogP contribution in [0, 0.1) is 0 Å². The fraction of sp³-hybridized carbons (Fsp3) is 0. The zero-order valence-corrected chi connectivity index (χ0v) is 19.2. The van der Waals surface area contributed by atoms with Crippen molar-refractivity contribution in [3.05, 3.63) is 44.3 Å². The Morgan fingerprint density at radius 2 is 1.42 bits per heavy atom. The lowest BCUT2D eigenvalue weighted by molar-refractivity contribution is 0.607. The molecule has 3 rings (SSSR count). The SMILES string of the molecule is O=S(=O)(Cl)c1ccc(-c2oc3cc(S(=O)(=O)Cl)c(Br)cc3c2Cl)cc1Br. The topological polar surface area (TPSA) is 81.4 Å². The van der Waals surface area contributed by atoms with Gasteiger partial charge in [-0.15, -0.1) is 0 Å². The molecule has 0 unspecified atom stereocenters. The van der Waals surface area contributed by atoms with Crippen LogP contribution in [0.25, 0.3) is 22.3 Å². The first-order valence-corrected chi connectivity index (χ1v) is 13.1. The van der Waals surface area contributed by atoms with E-state index in [2.05, 4.69) is 31.9 Å². The van der Waals surface area contributed by atoms with Crippen LogP contribution in [-0.4, -0.2) is 16.8 Å². The second kappa shape index (κ2) is 6.95. The smallest absolute Gasteiger partial charge is 0.262 e. The zero-order valence-electron chi connectivity index (χ0n) is 12.1. The normalized spacial score (nSPS) is 12.7. The molecule has 12 heteroatoms. The van der Waals surface area contributed by atoms with Crippen LogP contribution in [-0.2, 0) is 18.1 Å². The average molecular weight is 583 g/mol. The number of rotatable bonds is 3. The second-order valence-electron chi connectivity index (χ2n) is 5.04. The van der Waals surface area contributed by atoms with Crippen LogP contribution in [0.3, 0.4) is 0 Å². The van der Waals surface area contributed by atoms with Gasteiger partial charge >= 0.3 is 0 Å². The van der Waals surface area contributed by atoms with Gasteiger partial charge in [0.25, 0.3) is 18.1 Å². The Hall–Kier alpha value is -0.290. The summed E-state index contributed by atoms with van der Waals surface area (Å²) in [5.41, 5.74) is 0.672. The van der Waals surface area contributed by atoms with Gasteiger partial charge in [-0.3, -0.25) is 0 Å². The molecule has 0 amide bonds. The Morgan fingerprint density at radius 3 is 1.96 bits per heavy atom. The summed E-state index contributed by atoms with van der Waals surface area (Å²) in [6.45, 7) is 0. The van der Waals surface area contributed by atoms with Gasteiger partial charge in [0.05, 0.1) is 9.92 Å². The predicted octanol–water partition coefficient (Wildman–Crippen LogP) is 6.13. The van der Waals surface area contributed by atoms with E-state index in [9.17, 15) is 16.8 Å². The summed E-state index contributed by atoms with van der Waals surface area (Å²) in [7, 11) is 2.85. The molecular formula is C14H5Br2Cl3O5S2. The molecule has 0 bridgehead atoms. The molecule has 138 valence electrons. The zero-order chi connectivity index (χ0) is 19.4. The van der Waals surface area contributed by atoms with Gasteiger partial charge in [0.1, 0.15) is 10.5 Å². The van der Waals surface area contributed by atoms with Crippen molar-refractivity contribution in [2.24, 2.45) is 0 Å². The molecule has 0 N–H and O–H groups in total. The fourth-order valence-corrected chi connectivity index (χ4v) is 6.98. The molecular weight excluding hydrogens is 578 g/mol. The number of benzene rings is 2. The van der Waals surface area contributed by atoms with Crippen molar-refractivity contribution < 1.29 is 21.3 Å². The highest BCUT2D eigenvalue weighted by atomic mass is 79.9. The van der Waals surface area contributed by atoms with E-state index >= 15 is 0 Å². The van der Waals surface area contributed by atoms with E-state index in [1.54, 1.807) is 0 Å². The quantitative estimate of drug-likeness (QED) is 0.347. The van der Waals surface area contributed by atoms with Gasteiger partial charge in [-0.1, -0.05) is 11.6 Å². The van der Waals surface area contributed by atoms with E-state index in [0.29, 0.717) is 10.9 Å². The Kier molecular flexibility index (Phi) is 5.46. The number of hydrogen-bond acceptors (Lipinski definition) is 5. The summed E-state index contributed by atoms with van der Waals surface area (Å²) in [5.74, 6) is 0.233. The van der Waals surface area contributed by atoms with Gasteiger partial charge in [0.2, 0.25) is 0 Å². The molecule has 1 heterocycles. The first-order chi connectivity index (χ1) is 11.9. The van der Waals surface area contributed by atoms with Crippen molar-refractivity contribution in [3.8, 4) is 11.3 Å². The largest absolute Gasteiger partial charge is 0.454 e. The van der Waals surface area contributed by atoms with Crippen molar-refractivity contribution >= 4 is 93.9 Å². The number of furan rings is 1. The molecule has 0 fully saturated rings. The van der Waals surface area contributed by atoms with Crippen LogP contribution in [0.5, 0.6) is 0 Å². The standard InChI is InChI=1S/C14H5Br2Cl3O5S2/c15-8-3-6(1-2-11(8)25(18,20)21)14-13(17)7-4-9(16)12(26(19,22)23)5-10(7)24-14/h1-5H. The lowest BCUT2D eigenvalue weighted by atomic mass is 10.1. The van der Waals surface area contributed by atoms with E-state index in [0.717, 1.165) is 0 Å². The molecule has 0 radical (unpaired) electrons. The molecule has 5 nitrogen and oxygen atoms in total. The maximum atomic E-state index is 11.6. The molecule has 0 atom stereocenters. The summed E-state index contributed by atoms with van der Waals surface area (Å²) in [4.78, 5) is -0.262. The molecule has 2 aromatic carbocycles. The third-order valence-electron chi connectivity index (χ3n) is 3.40. The van der Waals surface area contributed by atoms with Crippen molar-refractivity contribution in [3.63, 3.8) is 0 Å². The molecule has 1 aromatic heterocycles. The molecule has 0 saturated heterocycles. The van der Waals surface area contributed by atoms with Gasteiger partial charge in [0, 0.05) is 47.3 Å². The highest BCUT2D eigenvalue weighted by Crippen LogP contribution is 2.42. The Balaban J connectivity index is 2.24. The molecule has 0 aliphatic heterocycles. The van der Waals surface area contributed by atoms with Gasteiger partial charge in [0.15, 0.2) is 5.76 Å². The molecule has 3 aromatic rings. The van der Waals surface area contributed by atoms with Crippen LogP contribution in [0.15, 0.2) is 53.5 Å². The highest BCUT2D eigenvalue weighted by molar-refractivity contribution is 9.10. The molecule has 0 aliphatic rings. The van der Waals surface area contributed by atoms with Gasteiger partial charge < -0.3 is 4.42 Å². The summed E-state index contributed by atoms with van der Waals surface area (Å²) < 4.78 is 52.4. The maximum absolute atomic E-state index is 11.6. The summed E-state index contributed by atoms with van der Waals surface area (Å²) >= 11 is 12.6. The fourth-order valence-electron chi connectivity index (χ4n) is 2.28. The predicted molar refractivity (Wildman–Crippen MR) is 108 cm³/mol. The summed E-state index contributed by atoms with van der Waals surface area (Å²) in [6.07, 6.45) is 0. The Bertz CT molecular complexity index is 1270. The number of halogens is 5. The van der Waals surface area contributed by atoms with Crippen molar-refractivity contribution in [2.45, 2.75) is 9.79 Å². The minimum Gasteiger partial charge on any atom is -0.454 e. The molecule has 0 aliphatic carbocycles. The lowest BCUT2D eigenvalue weighted by Gasteiger charge is -2.03. The minimum absolute atomic E-state index is 0.103. The third kappa shape index (κ3) is 3.80. The first-order valence-electron chi connectivity index (χ1n) is 6.50. The van der Waals surface area contributed by atoms with E-state index in [1.807, 2.05) is 0 Å². The maximum Gasteiger partial charge on any atom is 0.262 e. The van der Waals surface area contributed by atoms with Crippen LogP contribution in [0.1, 0.15) is 0 Å². The first kappa shape index (κ1) is 20.4. The van der Waals surface area contributed by atoms with Gasteiger partial charge in [-0.2, -0.15) is 0 Å². The van der Waals surface area contributed by atoms with Crippen LogP contribution in [0.4, 0.5) is 0 Å². The second-order valence-corrected chi connectivity index (χ2v) is 12.2. The number of fused-ring (bicyclic) bond motifs is 1. The Labute approximate surface area is 179 Å². The van der Waals surface area contributed by atoms with E-state index < -0.39 is 18.1 Å². The summed E-state index contributed by atoms with van der Waals surface area (Å²) in [6, 6.07) is 6.98. The van der Waals surface area contributed by atoms with Crippen LogP contribution in [0.2, 0.25) is 5.02 Å². The summed E-state index contributed by atoms with van der Waals surface area (Å²) in [5, 5.41) is 0.690. The van der Waals surface area contributed by atoms with Crippen molar-refractivity contribution in [1.29, 1.82) is 0 Å². The number of hydrogen-bond donors (Lipinski definition) is 0. The monoisotopic (exact) mass is 580 g/mol. The van der Waals surface area contributed by atoms with Crippen LogP contribution < -0.4 is 0 Å². The van der Waals surface area contributed by atoms with Gasteiger partial charge in [-0.05, 0) is 56.1 Å². The van der Waals surface area contributed by atoms with Crippen molar-refractivity contribution in [2.75, 3.05) is 0 Å². The van der Waals surface area contributed by atoms with E-state index in [-0.39, 0.29) is 35.1 Å². The van der Waals surface area contributed by atoms with E-state index in [4.69, 9.17) is 37.4 Å². The molecule has 26 heavy (non-hydrogen) atoms. The minimum atomic E-state index is -3.99. The molecule has 0 spiro atoms. The Morgan fingerprint density at radius 1 is 0.846 bits per heavy atom. The average Bonchev–Trinajstić information content (AvgIpc) is 2.81. The highest BCUT2D eigenvalue weighted by Gasteiger charge is 2.22. The van der Waals surface area contributed by atoms with Crippen molar-refractivity contribution in [1.82, 2.24) is 0 Å². The van der Waals surface area contributed by atoms with Gasteiger partial charge in [-0.25, -0.2) is 16.8 Å². The van der Waals surface area contributed by atoms with Crippen LogP contribution >= 0.6 is 64.8 Å². The lowest BCUT2D eigenvalue weighted by Crippen LogP contribution is -1.92. The van der Waals surface area contributed by atoms with E-state index in [1.165, 1.54) is 30.3 Å². The molecule has 0 saturated carbocycles. The third-order valence-corrected chi connectivity index (χ3v) is 8.36.